The van der Waals surface area contributed by atoms with Gasteiger partial charge >= 0.3 is 0 Å². The number of nitrogens with zero attached hydrogens (tertiary/aromatic N) is 5. The summed E-state index contributed by atoms with van der Waals surface area (Å²) in [6.45, 7) is 1.90. The van der Waals surface area contributed by atoms with E-state index in [1.54, 1.807) is 42.3 Å². The van der Waals surface area contributed by atoms with Crippen molar-refractivity contribution < 1.29 is 17.6 Å². The quantitative estimate of drug-likeness (QED) is 0.357. The van der Waals surface area contributed by atoms with Gasteiger partial charge in [-0.3, -0.25) is 14.5 Å². The molecule has 0 N–H and O–H groups in total. The van der Waals surface area contributed by atoms with Crippen LogP contribution >= 0.6 is 0 Å². The number of ketones is 1. The monoisotopic (exact) mass is 531 g/mol. The second kappa shape index (κ2) is 8.83. The first kappa shape index (κ1) is 24.4. The number of rotatable bonds is 5. The molecule has 6 rings (SSSR count). The van der Waals surface area contributed by atoms with Crippen LogP contribution in [0.2, 0.25) is 0 Å². The summed E-state index contributed by atoms with van der Waals surface area (Å²) in [4.78, 5) is 18.8. The van der Waals surface area contributed by atoms with E-state index in [2.05, 4.69) is 15.2 Å². The Bertz CT molecular complexity index is 1700. The van der Waals surface area contributed by atoms with Crippen LogP contribution in [0.1, 0.15) is 46.6 Å². The van der Waals surface area contributed by atoms with E-state index < -0.39 is 20.5 Å². The molecule has 4 aromatic rings. The van der Waals surface area contributed by atoms with Crippen LogP contribution in [0.3, 0.4) is 0 Å². The van der Waals surface area contributed by atoms with E-state index in [9.17, 15) is 17.6 Å². The standard InChI is InChI=1S/C28H26FN5O3S/c1-18-9-10-30-25(11-18)27(35)28-13-19-15-32-34(22-6-4-21(29)5-7-22)26(19)12-20(28)3-8-23(14-28)38(36,37)24-16-31-33(2)17-24/h4-7,9-12,15-17,23H,3,8,13-14H2,1-2H3/t23-,28-/m0/s1. The molecule has 0 radical (unpaired) electrons. The highest BCUT2D eigenvalue weighted by Gasteiger charge is 2.52. The topological polar surface area (TPSA) is 99.7 Å². The van der Waals surface area contributed by atoms with Crippen LogP contribution < -0.4 is 0 Å². The van der Waals surface area contributed by atoms with Crippen LogP contribution in [-0.4, -0.2) is 44.0 Å². The van der Waals surface area contributed by atoms with Gasteiger partial charge in [-0.05, 0) is 86.2 Å². The molecule has 0 saturated heterocycles. The number of fused-ring (bicyclic) bond motifs is 2. The van der Waals surface area contributed by atoms with E-state index in [0.717, 1.165) is 22.4 Å². The number of Topliss-reactive ketones (excluding diaryl/α,β-unsaturated/α-hetero) is 1. The lowest BCUT2D eigenvalue weighted by Gasteiger charge is -2.43. The van der Waals surface area contributed by atoms with Crippen molar-refractivity contribution in [3.63, 3.8) is 0 Å². The normalized spacial score (nSPS) is 20.9. The van der Waals surface area contributed by atoms with Crippen LogP contribution in [0.25, 0.3) is 11.8 Å². The largest absolute Gasteiger partial charge is 0.291 e. The molecule has 0 aliphatic heterocycles. The molecule has 0 unspecified atom stereocenters. The molecule has 0 amide bonds. The molecule has 3 aromatic heterocycles. The fourth-order valence-corrected chi connectivity index (χ4v) is 7.57. The van der Waals surface area contributed by atoms with E-state index in [-0.39, 0.29) is 22.9 Å². The second-order valence-electron chi connectivity index (χ2n) is 10.2. The molecule has 0 bridgehead atoms. The fraction of sp³-hybridized carbons (Fsp3) is 0.286. The average Bonchev–Trinajstić information content (AvgIpc) is 3.53. The van der Waals surface area contributed by atoms with Crippen molar-refractivity contribution in [3.8, 4) is 5.69 Å². The Kier molecular flexibility index (Phi) is 5.68. The highest BCUT2D eigenvalue weighted by molar-refractivity contribution is 7.92. The molecule has 194 valence electrons. The zero-order valence-electron chi connectivity index (χ0n) is 21.0. The first-order valence-electron chi connectivity index (χ1n) is 12.4. The van der Waals surface area contributed by atoms with Gasteiger partial charge in [-0.15, -0.1) is 0 Å². The Morgan fingerprint density at radius 3 is 2.63 bits per heavy atom. The van der Waals surface area contributed by atoms with E-state index in [0.29, 0.717) is 30.6 Å². The number of aryl methyl sites for hydroxylation is 2. The van der Waals surface area contributed by atoms with Gasteiger partial charge in [0.1, 0.15) is 16.4 Å². The van der Waals surface area contributed by atoms with E-state index >= 15 is 0 Å². The van der Waals surface area contributed by atoms with Crippen molar-refractivity contribution in [2.75, 3.05) is 0 Å². The minimum Gasteiger partial charge on any atom is -0.291 e. The number of aromatic nitrogens is 5. The summed E-state index contributed by atoms with van der Waals surface area (Å²) in [5, 5.41) is 7.85. The number of carbonyl (C=O) groups excluding carboxylic acids is 1. The number of pyridine rings is 1. The number of hydrogen-bond acceptors (Lipinski definition) is 6. The lowest BCUT2D eigenvalue weighted by molar-refractivity contribution is 0.0796. The maximum Gasteiger partial charge on any atom is 0.191 e. The first-order valence-corrected chi connectivity index (χ1v) is 14.0. The number of carbonyl (C=O) groups is 1. The molecule has 10 heteroatoms. The summed E-state index contributed by atoms with van der Waals surface area (Å²) in [6.07, 6.45) is 9.44. The Morgan fingerprint density at radius 2 is 1.92 bits per heavy atom. The zero-order chi connectivity index (χ0) is 26.7. The highest BCUT2D eigenvalue weighted by atomic mass is 32.2. The molecule has 2 atom stereocenters. The smallest absolute Gasteiger partial charge is 0.191 e. The predicted octanol–water partition coefficient (Wildman–Crippen LogP) is 4.28. The molecule has 1 fully saturated rings. The predicted molar refractivity (Wildman–Crippen MR) is 139 cm³/mol. The molecule has 3 heterocycles. The van der Waals surface area contributed by atoms with E-state index in [4.69, 9.17) is 0 Å². The molecular formula is C28H26FN5O3S. The molecule has 0 spiro atoms. The first-order chi connectivity index (χ1) is 18.2. The lowest BCUT2D eigenvalue weighted by atomic mass is 9.61. The van der Waals surface area contributed by atoms with Crippen molar-refractivity contribution in [2.45, 2.75) is 42.8 Å². The molecule has 2 aliphatic carbocycles. The molecule has 1 saturated carbocycles. The zero-order valence-corrected chi connectivity index (χ0v) is 21.8. The van der Waals surface area contributed by atoms with Crippen LogP contribution in [0.15, 0.2) is 71.7 Å². The number of benzene rings is 1. The Balaban J connectivity index is 1.46. The minimum atomic E-state index is -3.71. The van der Waals surface area contributed by atoms with Crippen LogP contribution in [-0.2, 0) is 23.3 Å². The maximum absolute atomic E-state index is 14.3. The van der Waals surface area contributed by atoms with Crippen molar-refractivity contribution in [1.29, 1.82) is 0 Å². The number of halogens is 1. The van der Waals surface area contributed by atoms with Crippen LogP contribution in [0, 0.1) is 18.2 Å². The van der Waals surface area contributed by atoms with Gasteiger partial charge in [0.2, 0.25) is 0 Å². The summed E-state index contributed by atoms with van der Waals surface area (Å²) in [7, 11) is -2.04. The summed E-state index contributed by atoms with van der Waals surface area (Å²) in [6, 6.07) is 9.65. The SMILES string of the molecule is Cc1ccnc(C(=O)[C@]23Cc4cnn(-c5ccc(F)cc5)c4C=C2CC[C@H](S(=O)(=O)c2cnn(C)c2)C3)c1. The third kappa shape index (κ3) is 3.91. The van der Waals surface area contributed by atoms with Gasteiger partial charge in [0, 0.05) is 19.4 Å². The van der Waals surface area contributed by atoms with Crippen molar-refractivity contribution >= 4 is 21.7 Å². The third-order valence-electron chi connectivity index (χ3n) is 7.72. The molecule has 38 heavy (non-hydrogen) atoms. The van der Waals surface area contributed by atoms with Crippen LogP contribution in [0.5, 0.6) is 0 Å². The minimum absolute atomic E-state index is 0.145. The lowest BCUT2D eigenvalue weighted by Crippen LogP contribution is -2.45. The van der Waals surface area contributed by atoms with Crippen LogP contribution in [0.4, 0.5) is 4.39 Å². The molecule has 2 aliphatic rings. The van der Waals surface area contributed by atoms with Crippen molar-refractivity contribution in [2.24, 2.45) is 12.5 Å². The molecule has 1 aromatic carbocycles. The molecule has 8 nitrogen and oxygen atoms in total. The van der Waals surface area contributed by atoms with E-state index in [1.807, 2.05) is 19.1 Å². The van der Waals surface area contributed by atoms with Gasteiger partial charge in [-0.1, -0.05) is 5.57 Å². The summed E-state index contributed by atoms with van der Waals surface area (Å²) in [5.41, 5.74) is 3.39. The average molecular weight is 532 g/mol. The third-order valence-corrected chi connectivity index (χ3v) is 9.87. The van der Waals surface area contributed by atoms with Gasteiger partial charge < -0.3 is 0 Å². The Labute approximate surface area is 219 Å². The summed E-state index contributed by atoms with van der Waals surface area (Å²) < 4.78 is 44.0. The maximum atomic E-state index is 14.3. The van der Waals surface area contributed by atoms with Gasteiger partial charge in [0.05, 0.1) is 34.4 Å². The van der Waals surface area contributed by atoms with Crippen molar-refractivity contribution in [1.82, 2.24) is 24.5 Å². The number of hydrogen-bond donors (Lipinski definition) is 0. The number of sulfone groups is 1. The van der Waals surface area contributed by atoms with Crippen molar-refractivity contribution in [3.05, 3.63) is 95.1 Å². The molecular weight excluding hydrogens is 505 g/mol. The summed E-state index contributed by atoms with van der Waals surface area (Å²) >= 11 is 0. The fourth-order valence-electron chi connectivity index (χ4n) is 5.76. The Hall–Kier alpha value is -3.92. The van der Waals surface area contributed by atoms with Gasteiger partial charge in [-0.2, -0.15) is 10.2 Å². The Morgan fingerprint density at radius 1 is 1.13 bits per heavy atom. The van der Waals surface area contributed by atoms with Gasteiger partial charge in [-0.25, -0.2) is 17.5 Å². The van der Waals surface area contributed by atoms with Gasteiger partial charge in [0.15, 0.2) is 15.6 Å². The van der Waals surface area contributed by atoms with Gasteiger partial charge in [0.25, 0.3) is 0 Å². The van der Waals surface area contributed by atoms with E-state index in [1.165, 1.54) is 29.2 Å². The highest BCUT2D eigenvalue weighted by Crippen LogP contribution is 2.51. The summed E-state index contributed by atoms with van der Waals surface area (Å²) in [5.74, 6) is -0.518. The second-order valence-corrected chi connectivity index (χ2v) is 12.4. The number of allylic oxidation sites excluding steroid dienone is 1.